The van der Waals surface area contributed by atoms with E-state index in [9.17, 15) is 0 Å². The molecule has 0 fully saturated rings. The molecular formula is C16H24N4S. The molecule has 1 aliphatic rings. The molecule has 21 heavy (non-hydrogen) atoms. The Morgan fingerprint density at radius 1 is 1.52 bits per heavy atom. The molecule has 0 aliphatic heterocycles. The Bertz CT molecular complexity index is 587. The zero-order chi connectivity index (χ0) is 14.8. The molecule has 3 rings (SSSR count). The minimum Gasteiger partial charge on any atom is -0.308 e. The first-order chi connectivity index (χ1) is 10.1. The highest BCUT2D eigenvalue weighted by Gasteiger charge is 2.23. The lowest BCUT2D eigenvalue weighted by molar-refractivity contribution is 0.275. The van der Waals surface area contributed by atoms with Crippen LogP contribution in [0.4, 0.5) is 0 Å². The maximum absolute atomic E-state index is 4.31. The highest BCUT2D eigenvalue weighted by Crippen LogP contribution is 2.33. The quantitative estimate of drug-likeness (QED) is 0.922. The number of likely N-dealkylation sites (N-methyl/N-ethyl adjacent to an activating group) is 1. The van der Waals surface area contributed by atoms with Crippen molar-refractivity contribution in [3.8, 4) is 0 Å². The van der Waals surface area contributed by atoms with Crippen LogP contribution in [-0.2, 0) is 13.5 Å². The number of nitrogens with one attached hydrogen (secondary N) is 1. The van der Waals surface area contributed by atoms with Crippen LogP contribution in [0.15, 0.2) is 23.8 Å². The smallest absolute Gasteiger partial charge is 0.0538 e. The van der Waals surface area contributed by atoms with Crippen molar-refractivity contribution in [3.05, 3.63) is 39.8 Å². The van der Waals surface area contributed by atoms with Crippen LogP contribution in [0, 0.1) is 0 Å². The van der Waals surface area contributed by atoms with E-state index >= 15 is 0 Å². The molecule has 0 saturated heterocycles. The number of aryl methyl sites for hydroxylation is 2. The molecule has 2 atom stereocenters. The largest absolute Gasteiger partial charge is 0.308 e. The van der Waals surface area contributed by atoms with Crippen molar-refractivity contribution < 1.29 is 0 Å². The summed E-state index contributed by atoms with van der Waals surface area (Å²) in [7, 11) is 6.24. The highest BCUT2D eigenvalue weighted by molar-refractivity contribution is 7.10. The van der Waals surface area contributed by atoms with E-state index in [1.807, 2.05) is 29.3 Å². The van der Waals surface area contributed by atoms with Crippen LogP contribution in [0.5, 0.6) is 0 Å². The van der Waals surface area contributed by atoms with Crippen LogP contribution >= 0.6 is 11.3 Å². The Kier molecular flexibility index (Phi) is 4.42. The molecule has 0 unspecified atom stereocenters. The number of nitrogens with zero attached hydrogens (tertiary/aromatic N) is 3. The fraction of sp³-hybridized carbons (Fsp3) is 0.562. The van der Waals surface area contributed by atoms with E-state index < -0.39 is 0 Å². The molecule has 1 aliphatic carbocycles. The molecule has 2 heterocycles. The summed E-state index contributed by atoms with van der Waals surface area (Å²) in [4.78, 5) is 3.84. The van der Waals surface area contributed by atoms with Gasteiger partial charge in [0.15, 0.2) is 0 Å². The fourth-order valence-electron chi connectivity index (χ4n) is 3.16. The van der Waals surface area contributed by atoms with Gasteiger partial charge in [0.05, 0.1) is 6.20 Å². The topological polar surface area (TPSA) is 33.1 Å². The Hall–Kier alpha value is -1.17. The summed E-state index contributed by atoms with van der Waals surface area (Å²) >= 11 is 1.91. The van der Waals surface area contributed by atoms with Gasteiger partial charge in [0.2, 0.25) is 0 Å². The van der Waals surface area contributed by atoms with Crippen LogP contribution in [0.1, 0.15) is 40.9 Å². The Balaban J connectivity index is 1.68. The van der Waals surface area contributed by atoms with Crippen LogP contribution in [0.25, 0.3) is 0 Å². The average molecular weight is 304 g/mol. The van der Waals surface area contributed by atoms with Crippen LogP contribution in [-0.4, -0.2) is 35.3 Å². The molecular weight excluding hydrogens is 280 g/mol. The Labute approximate surface area is 130 Å². The van der Waals surface area contributed by atoms with Gasteiger partial charge in [0.1, 0.15) is 0 Å². The Morgan fingerprint density at radius 2 is 2.38 bits per heavy atom. The first-order valence-corrected chi connectivity index (χ1v) is 8.47. The van der Waals surface area contributed by atoms with Crippen molar-refractivity contribution >= 4 is 11.3 Å². The van der Waals surface area contributed by atoms with Gasteiger partial charge < -0.3 is 10.2 Å². The first kappa shape index (κ1) is 14.8. The van der Waals surface area contributed by atoms with Crippen LogP contribution in [0.2, 0.25) is 0 Å². The van der Waals surface area contributed by atoms with E-state index in [1.165, 1.54) is 30.4 Å². The molecule has 0 amide bonds. The minimum absolute atomic E-state index is 0.364. The summed E-state index contributed by atoms with van der Waals surface area (Å²) in [5.41, 5.74) is 2.80. The van der Waals surface area contributed by atoms with E-state index in [0.29, 0.717) is 12.1 Å². The van der Waals surface area contributed by atoms with Crippen LogP contribution < -0.4 is 5.32 Å². The number of thiophene rings is 1. The number of hydrogen-bond donors (Lipinski definition) is 1. The van der Waals surface area contributed by atoms with E-state index in [2.05, 4.69) is 47.1 Å². The van der Waals surface area contributed by atoms with Gasteiger partial charge in [0, 0.05) is 42.3 Å². The van der Waals surface area contributed by atoms with Gasteiger partial charge in [-0.2, -0.15) is 5.10 Å². The first-order valence-electron chi connectivity index (χ1n) is 7.60. The van der Waals surface area contributed by atoms with Crippen molar-refractivity contribution in [2.24, 2.45) is 7.05 Å². The molecule has 114 valence electrons. The van der Waals surface area contributed by atoms with E-state index in [-0.39, 0.29) is 0 Å². The van der Waals surface area contributed by atoms with Crippen molar-refractivity contribution in [3.63, 3.8) is 0 Å². The summed E-state index contributed by atoms with van der Waals surface area (Å²) in [6, 6.07) is 3.17. The van der Waals surface area contributed by atoms with E-state index in [4.69, 9.17) is 0 Å². The molecule has 2 aromatic heterocycles. The third kappa shape index (κ3) is 3.20. The average Bonchev–Trinajstić information content (AvgIpc) is 3.08. The van der Waals surface area contributed by atoms with Gasteiger partial charge >= 0.3 is 0 Å². The molecule has 4 nitrogen and oxygen atoms in total. The van der Waals surface area contributed by atoms with Crippen LogP contribution in [0.3, 0.4) is 0 Å². The fourth-order valence-corrected chi connectivity index (χ4v) is 4.15. The zero-order valence-corrected chi connectivity index (χ0v) is 13.9. The van der Waals surface area contributed by atoms with Crippen molar-refractivity contribution in [1.29, 1.82) is 0 Å². The van der Waals surface area contributed by atoms with Gasteiger partial charge in [-0.1, -0.05) is 0 Å². The lowest BCUT2D eigenvalue weighted by Gasteiger charge is -2.29. The number of aromatic nitrogens is 2. The summed E-state index contributed by atoms with van der Waals surface area (Å²) in [5, 5.41) is 10.3. The van der Waals surface area contributed by atoms with E-state index in [1.54, 1.807) is 4.88 Å². The number of hydrogen-bond acceptors (Lipinski definition) is 4. The summed E-state index contributed by atoms with van der Waals surface area (Å²) in [6.45, 7) is 0.957. The molecule has 0 spiro atoms. The monoisotopic (exact) mass is 304 g/mol. The molecule has 5 heteroatoms. The van der Waals surface area contributed by atoms with Crippen molar-refractivity contribution in [2.75, 3.05) is 20.6 Å². The summed E-state index contributed by atoms with van der Waals surface area (Å²) in [6.07, 6.45) is 7.89. The van der Waals surface area contributed by atoms with Gasteiger partial charge in [-0.25, -0.2) is 0 Å². The second-order valence-electron chi connectivity index (χ2n) is 6.08. The zero-order valence-electron chi connectivity index (χ0n) is 13.0. The Morgan fingerprint density at radius 3 is 3.10 bits per heavy atom. The van der Waals surface area contributed by atoms with E-state index in [0.717, 1.165) is 6.54 Å². The molecule has 0 saturated carbocycles. The van der Waals surface area contributed by atoms with Gasteiger partial charge in [0.25, 0.3) is 0 Å². The third-order valence-electron chi connectivity index (χ3n) is 4.34. The number of fused-ring (bicyclic) bond motifs is 1. The second kappa shape index (κ2) is 6.30. The SMILES string of the molecule is CN(C)[C@H](CN[C@@H]1CCCc2sccc21)c1cnn(C)c1. The third-order valence-corrected chi connectivity index (χ3v) is 5.34. The molecule has 0 radical (unpaired) electrons. The lowest BCUT2D eigenvalue weighted by Crippen LogP contribution is -2.34. The summed E-state index contributed by atoms with van der Waals surface area (Å²) < 4.78 is 1.88. The molecule has 0 bridgehead atoms. The lowest BCUT2D eigenvalue weighted by atomic mass is 9.93. The maximum atomic E-state index is 4.31. The predicted octanol–water partition coefficient (Wildman–Crippen LogP) is 2.75. The van der Waals surface area contributed by atoms with Crippen molar-refractivity contribution in [2.45, 2.75) is 31.3 Å². The maximum Gasteiger partial charge on any atom is 0.0538 e. The second-order valence-corrected chi connectivity index (χ2v) is 7.08. The van der Waals surface area contributed by atoms with Crippen molar-refractivity contribution in [1.82, 2.24) is 20.0 Å². The highest BCUT2D eigenvalue weighted by atomic mass is 32.1. The molecule has 2 aromatic rings. The standard InChI is InChI=1S/C16H24N4S/c1-19(2)15(12-9-18-20(3)11-12)10-17-14-5-4-6-16-13(14)7-8-21-16/h7-9,11,14-15,17H,4-6,10H2,1-3H3/t14-,15-/m1/s1. The molecule has 0 aromatic carbocycles. The number of rotatable bonds is 5. The summed E-state index contributed by atoms with van der Waals surface area (Å²) in [5.74, 6) is 0. The van der Waals surface area contributed by atoms with Gasteiger partial charge in [-0.3, -0.25) is 4.68 Å². The normalized spacial score (nSPS) is 19.7. The van der Waals surface area contributed by atoms with Gasteiger partial charge in [-0.15, -0.1) is 11.3 Å². The minimum atomic E-state index is 0.364. The predicted molar refractivity (Wildman–Crippen MR) is 87.6 cm³/mol. The molecule has 1 N–H and O–H groups in total. The van der Waals surface area contributed by atoms with Gasteiger partial charge in [-0.05, 0) is 50.4 Å².